The number of ether oxygens (including phenoxy) is 4. The van der Waals surface area contributed by atoms with Crippen LogP contribution in [0.5, 0.6) is 0 Å². The van der Waals surface area contributed by atoms with Crippen molar-refractivity contribution in [1.82, 2.24) is 4.90 Å². The largest absolute Gasteiger partial charge is 0.456 e. The van der Waals surface area contributed by atoms with Gasteiger partial charge in [0.05, 0.1) is 30.5 Å². The number of hydrogen-bond donors (Lipinski definition) is 2. The number of carbonyl (C=O) groups is 4. The molecule has 1 amide bonds. The zero-order chi connectivity index (χ0) is 54.4. The number of hydrogen-bond acceptors (Lipinski definition) is 12. The number of esters is 1. The average Bonchev–Trinajstić information content (AvgIpc) is 3.30. The lowest BCUT2D eigenvalue weighted by Crippen LogP contribution is -2.64. The molecule has 0 radical (unpaired) electrons. The van der Waals surface area contributed by atoms with Crippen molar-refractivity contribution in [2.24, 2.45) is 29.6 Å². The molecule has 72 heavy (non-hydrogen) atoms. The number of nitrogens with zero attached hydrogens (tertiary/aromatic N) is 1. The minimum atomic E-state index is -2.67. The Bertz CT molecular complexity index is 1870. The molecule has 3 heterocycles. The van der Waals surface area contributed by atoms with E-state index >= 15 is 9.59 Å². The molecule has 2 saturated heterocycles. The molecule has 1 saturated carbocycles. The van der Waals surface area contributed by atoms with Gasteiger partial charge in [0.1, 0.15) is 24.0 Å². The Morgan fingerprint density at radius 1 is 0.861 bits per heavy atom. The van der Waals surface area contributed by atoms with E-state index in [1.807, 2.05) is 20.8 Å². The maximum atomic E-state index is 15.1. The smallest absolute Gasteiger partial charge is 0.329 e. The lowest BCUT2D eigenvalue weighted by Gasteiger charge is -2.47. The van der Waals surface area contributed by atoms with Gasteiger partial charge in [0, 0.05) is 44.9 Å². The molecule has 0 aromatic heterocycles. The van der Waals surface area contributed by atoms with Crippen LogP contribution in [-0.2, 0) is 47.0 Å². The standard InChI is InChI=1S/C57H101NO12Si2/c1-20-43-28-37(8)27-38(9)29-49(65-16)52-50(66-17)31-40(11)57(64,68-52)53(61)54(62)58-26-22-21-23-44(58)55(63)67-51(41(12)47(33-46(43)60)70-72(34(2)3,35(4)5)36(6)7)39(10)30-42-24-25-45(59)48(32-42)69-71(18,19)56(13,14)15/h28,30,34-36,38,40-45,47-52,59,64H,20-27,29,31-33H2,1-19H3. The van der Waals surface area contributed by atoms with E-state index in [9.17, 15) is 19.8 Å². The predicted molar refractivity (Wildman–Crippen MR) is 289 cm³/mol. The highest BCUT2D eigenvalue weighted by atomic mass is 28.4. The molecule has 3 aliphatic heterocycles. The van der Waals surface area contributed by atoms with Crippen LogP contribution in [0.2, 0.25) is 34.8 Å². The van der Waals surface area contributed by atoms with E-state index in [-0.39, 0.29) is 77.1 Å². The summed E-state index contributed by atoms with van der Waals surface area (Å²) in [6.45, 7) is 36.4. The highest BCUT2D eigenvalue weighted by Crippen LogP contribution is 2.46. The van der Waals surface area contributed by atoms with Crippen molar-refractivity contribution in [1.29, 1.82) is 0 Å². The Morgan fingerprint density at radius 3 is 2.01 bits per heavy atom. The number of fused-ring (bicyclic) bond motifs is 3. The topological polar surface area (TPSA) is 167 Å². The van der Waals surface area contributed by atoms with E-state index < -0.39 is 94.6 Å². The second-order valence-corrected chi connectivity index (χ2v) is 35.4. The Morgan fingerprint density at radius 2 is 1.46 bits per heavy atom. The van der Waals surface area contributed by atoms with E-state index in [2.05, 4.69) is 101 Å². The van der Waals surface area contributed by atoms with E-state index in [1.165, 1.54) is 4.90 Å². The lowest BCUT2D eigenvalue weighted by atomic mass is 9.81. The van der Waals surface area contributed by atoms with Crippen molar-refractivity contribution >= 4 is 40.1 Å². The van der Waals surface area contributed by atoms with Crippen molar-refractivity contribution in [3.8, 4) is 0 Å². The van der Waals surface area contributed by atoms with Crippen LogP contribution in [0.1, 0.15) is 174 Å². The van der Waals surface area contributed by atoms with Gasteiger partial charge in [0.15, 0.2) is 8.32 Å². The summed E-state index contributed by atoms with van der Waals surface area (Å²) in [4.78, 5) is 60.8. The van der Waals surface area contributed by atoms with Crippen LogP contribution < -0.4 is 0 Å². The predicted octanol–water partition coefficient (Wildman–Crippen LogP) is 11.0. The number of ketones is 2. The number of amides is 1. The number of methoxy groups -OCH3 is 2. The summed E-state index contributed by atoms with van der Waals surface area (Å²) in [5, 5.41) is 23.6. The van der Waals surface area contributed by atoms with Crippen molar-refractivity contribution < 1.29 is 57.2 Å². The van der Waals surface area contributed by atoms with Gasteiger partial charge in [-0.3, -0.25) is 14.4 Å². The van der Waals surface area contributed by atoms with E-state index in [4.69, 9.17) is 27.8 Å². The molecule has 4 rings (SSSR count). The van der Waals surface area contributed by atoms with Crippen LogP contribution in [0, 0.1) is 29.6 Å². The summed E-state index contributed by atoms with van der Waals surface area (Å²) in [7, 11) is -1.79. The minimum Gasteiger partial charge on any atom is -0.456 e. The van der Waals surface area contributed by atoms with E-state index in [1.54, 1.807) is 21.1 Å². The van der Waals surface area contributed by atoms with Gasteiger partial charge in [-0.2, -0.15) is 0 Å². The fourth-order valence-corrected chi connectivity index (χ4v) is 19.6. The molecule has 13 nitrogen and oxygen atoms in total. The highest BCUT2D eigenvalue weighted by Gasteiger charge is 2.57. The Kier molecular flexibility index (Phi) is 22.4. The summed E-state index contributed by atoms with van der Waals surface area (Å²) < 4.78 is 39.7. The van der Waals surface area contributed by atoms with Gasteiger partial charge in [-0.15, -0.1) is 0 Å². The molecule has 0 spiro atoms. The molecule has 3 fully saturated rings. The number of cyclic esters (lactones) is 1. The number of allylic oxidation sites excluding steroid dienone is 3. The molecule has 15 heteroatoms. The number of aliphatic hydroxyl groups excluding tert-OH is 1. The van der Waals surface area contributed by atoms with Gasteiger partial charge < -0.3 is 42.9 Å². The van der Waals surface area contributed by atoms with E-state index in [0.717, 1.165) is 11.1 Å². The number of aliphatic hydroxyl groups is 2. The van der Waals surface area contributed by atoms with Gasteiger partial charge in [0.2, 0.25) is 14.1 Å². The minimum absolute atomic E-state index is 0.00140. The molecule has 0 aromatic carbocycles. The zero-order valence-corrected chi connectivity index (χ0v) is 50.3. The molecule has 1 aliphatic carbocycles. The average molecular weight is 1050 g/mol. The van der Waals surface area contributed by atoms with Crippen molar-refractivity contribution in [2.45, 2.75) is 264 Å². The van der Waals surface area contributed by atoms with Gasteiger partial charge >= 0.3 is 5.97 Å². The number of carbonyl (C=O) groups excluding carboxylic acids is 4. The third kappa shape index (κ3) is 14.3. The van der Waals surface area contributed by atoms with Crippen LogP contribution in [0.4, 0.5) is 0 Å². The van der Waals surface area contributed by atoms with Gasteiger partial charge in [-0.1, -0.05) is 108 Å². The first-order chi connectivity index (χ1) is 33.4. The first-order valence-corrected chi connectivity index (χ1v) is 32.9. The van der Waals surface area contributed by atoms with Crippen LogP contribution in [0.25, 0.3) is 0 Å². The lowest BCUT2D eigenvalue weighted by molar-refractivity contribution is -0.302. The van der Waals surface area contributed by atoms with Gasteiger partial charge in [0.25, 0.3) is 11.7 Å². The molecule has 2 bridgehead atoms. The monoisotopic (exact) mass is 1050 g/mol. The maximum absolute atomic E-state index is 15.1. The molecule has 14 atom stereocenters. The zero-order valence-electron chi connectivity index (χ0n) is 48.3. The summed E-state index contributed by atoms with van der Waals surface area (Å²) in [5.74, 6) is -6.93. The van der Waals surface area contributed by atoms with Crippen molar-refractivity contribution in [2.75, 3.05) is 20.8 Å². The summed E-state index contributed by atoms with van der Waals surface area (Å²) in [5.41, 5.74) is 2.46. The van der Waals surface area contributed by atoms with Crippen molar-refractivity contribution in [3.63, 3.8) is 0 Å². The second-order valence-electron chi connectivity index (χ2n) is 25.2. The van der Waals surface area contributed by atoms with Crippen LogP contribution in [-0.4, -0.2) is 131 Å². The van der Waals surface area contributed by atoms with E-state index in [0.29, 0.717) is 51.4 Å². The SMILES string of the molecule is CCC1C=C(C)CC(C)CC(OC)C2OC(O)(C(=O)C(=O)N3CCCCC3C(=O)OC(C(C)=CC3CCC(O)C(O[Si](C)(C)C(C)(C)C)C3)C(C)C(O[Si](C(C)C)(C(C)C)C(C)C)CC1=O)C(C)CC2OC. The summed E-state index contributed by atoms with van der Waals surface area (Å²) in [6.07, 6.45) is 5.14. The molecule has 14 unspecified atom stereocenters. The quantitative estimate of drug-likeness (QED) is 0.0823. The Balaban J connectivity index is 1.94. The Labute approximate surface area is 437 Å². The number of rotatable bonds is 12. The van der Waals surface area contributed by atoms with Crippen LogP contribution in [0.3, 0.4) is 0 Å². The number of piperidine rings is 1. The summed E-state index contributed by atoms with van der Waals surface area (Å²) in [6, 6.07) is -1.12. The molecule has 2 N–H and O–H groups in total. The summed E-state index contributed by atoms with van der Waals surface area (Å²) >= 11 is 0. The van der Waals surface area contributed by atoms with Gasteiger partial charge in [-0.05, 0) is 130 Å². The normalized spacial score (nSPS) is 35.3. The molecular weight excluding hydrogens is 947 g/mol. The highest BCUT2D eigenvalue weighted by molar-refractivity contribution is 6.77. The van der Waals surface area contributed by atoms with Crippen LogP contribution >= 0.6 is 0 Å². The maximum Gasteiger partial charge on any atom is 0.329 e. The third-order valence-electron chi connectivity index (χ3n) is 17.9. The second kappa shape index (κ2) is 25.8. The molecule has 414 valence electrons. The fraction of sp³-hybridized carbons (Fsp3) is 0.860. The first kappa shape index (κ1) is 62.5. The number of Topliss-reactive ketones (excluding diaryl/α,β-unsaturated/α-hetero) is 2. The molecular formula is C57H101NO12Si2. The Hall–Kier alpha value is -2.09. The molecule has 0 aromatic rings. The molecule has 4 aliphatic rings. The fourth-order valence-electron chi connectivity index (χ4n) is 12.6. The van der Waals surface area contributed by atoms with Gasteiger partial charge in [-0.25, -0.2) is 4.79 Å². The van der Waals surface area contributed by atoms with Crippen LogP contribution in [0.15, 0.2) is 23.3 Å². The van der Waals surface area contributed by atoms with Crippen molar-refractivity contribution in [3.05, 3.63) is 23.3 Å². The first-order valence-electron chi connectivity index (χ1n) is 27.8. The third-order valence-corrected chi connectivity index (χ3v) is 28.5.